The van der Waals surface area contributed by atoms with E-state index in [-0.39, 0.29) is 31.0 Å². The van der Waals surface area contributed by atoms with Crippen LogP contribution in [-0.2, 0) is 18.0 Å². The molecule has 14 heavy (non-hydrogen) atoms. The molecule has 0 aliphatic rings. The van der Waals surface area contributed by atoms with Crippen molar-refractivity contribution in [1.29, 1.82) is 0 Å². The van der Waals surface area contributed by atoms with Crippen molar-refractivity contribution in [3.05, 3.63) is 30.3 Å². The molecule has 0 aromatic heterocycles. The van der Waals surface area contributed by atoms with Crippen LogP contribution in [0, 0.1) is 0 Å². The smallest absolute Gasteiger partial charge is 1.00 e. The molecule has 5 nitrogen and oxygen atoms in total. The topological polar surface area (TPSA) is 88.5 Å². The summed E-state index contributed by atoms with van der Waals surface area (Å²) in [5, 5.41) is 0. The Bertz CT molecular complexity index is 496. The van der Waals surface area contributed by atoms with Gasteiger partial charge in [0.15, 0.2) is 0 Å². The van der Waals surface area contributed by atoms with Crippen LogP contribution in [0.1, 0.15) is 1.43 Å². The normalized spacial score (nSPS) is 11.8. The van der Waals surface area contributed by atoms with Gasteiger partial charge >= 0.3 is 47.6 Å². The largest absolute Gasteiger partial charge is 1.00 e. The third-order valence-electron chi connectivity index (χ3n) is 1.31. The second-order valence-corrected chi connectivity index (χ2v) is 7.01. The van der Waals surface area contributed by atoms with Crippen molar-refractivity contribution < 1.29 is 52.4 Å². The van der Waals surface area contributed by atoms with Gasteiger partial charge in [0.25, 0.3) is 0 Å². The van der Waals surface area contributed by atoms with Gasteiger partial charge in [-0.2, -0.15) is 8.42 Å². The first kappa shape index (κ1) is 14.1. The molecule has 1 N–H and O–H groups in total. The molecule has 0 amide bonds. The van der Waals surface area contributed by atoms with Gasteiger partial charge in [0.05, 0.1) is 4.90 Å². The predicted molar refractivity (Wildman–Crippen MR) is 46.3 cm³/mol. The zero-order valence-electron chi connectivity index (χ0n) is 8.28. The summed E-state index contributed by atoms with van der Waals surface area (Å²) in [7, 11) is -9.73. The van der Waals surface area contributed by atoms with Gasteiger partial charge in [-0.25, -0.2) is 8.42 Å². The summed E-state index contributed by atoms with van der Waals surface area (Å²) in [4.78, 5) is -0.447. The van der Waals surface area contributed by atoms with Gasteiger partial charge < -0.3 is 1.43 Å². The molecule has 0 heterocycles. The Labute approximate surface area is 105 Å². The molecule has 0 spiro atoms. The van der Waals surface area contributed by atoms with Crippen molar-refractivity contribution >= 4 is 18.0 Å². The molecule has 0 aliphatic heterocycles. The van der Waals surface area contributed by atoms with E-state index in [9.17, 15) is 16.8 Å². The van der Waals surface area contributed by atoms with Crippen LogP contribution in [-0.4, -0.2) is 21.4 Å². The maximum atomic E-state index is 11.0. The second-order valence-electron chi connectivity index (χ2n) is 2.19. The fraction of sp³-hybridized carbons (Fsp3) is 0. The monoisotopic (exact) mass is 246 g/mol. The summed E-state index contributed by atoms with van der Waals surface area (Å²) in [6.45, 7) is 0. The Morgan fingerprint density at radius 2 is 1.43 bits per heavy atom. The van der Waals surface area contributed by atoms with Gasteiger partial charge in [-0.15, -0.1) is 0 Å². The summed E-state index contributed by atoms with van der Waals surface area (Å²) in [6.07, 6.45) is 0. The Kier molecular flexibility index (Phi) is 4.76. The molecule has 0 atom stereocenters. The van der Waals surface area contributed by atoms with Gasteiger partial charge in [0, 0.05) is 0 Å². The van der Waals surface area contributed by atoms with Crippen molar-refractivity contribution in [3.63, 3.8) is 0 Å². The van der Waals surface area contributed by atoms with Crippen LogP contribution in [0.25, 0.3) is 0 Å². The molecule has 74 valence electrons. The van der Waals surface area contributed by atoms with Crippen molar-refractivity contribution in [1.82, 2.24) is 0 Å². The van der Waals surface area contributed by atoms with Crippen LogP contribution < -0.4 is 29.6 Å². The predicted octanol–water partition coefficient (Wildman–Crippen LogP) is -2.62. The van der Waals surface area contributed by atoms with Gasteiger partial charge in [0.1, 0.15) is 0 Å². The van der Waals surface area contributed by atoms with Gasteiger partial charge in [-0.3, -0.25) is 4.55 Å². The number of hydrogen-bond donors (Lipinski definition) is 1. The van der Waals surface area contributed by atoms with Crippen molar-refractivity contribution in [2.45, 2.75) is 4.90 Å². The standard InChI is InChI=1S/C6H6O5S2.Na.H/c7-12(8,13(9,10)11)6-4-2-1-3-5-6;;/h1-5H,(H,9,10,11);;/q;+1;-1. The van der Waals surface area contributed by atoms with Crippen LogP contribution in [0.2, 0.25) is 0 Å². The third kappa shape index (κ3) is 2.78. The van der Waals surface area contributed by atoms with E-state index in [0.717, 1.165) is 12.1 Å². The number of benzene rings is 1. The molecule has 8 heteroatoms. The van der Waals surface area contributed by atoms with E-state index in [1.165, 1.54) is 18.2 Å². The molecular weight excluding hydrogens is 239 g/mol. The third-order valence-corrected chi connectivity index (χ3v) is 4.95. The fourth-order valence-corrected chi connectivity index (χ4v) is 2.51. The van der Waals surface area contributed by atoms with Crippen molar-refractivity contribution in [2.75, 3.05) is 0 Å². The summed E-state index contributed by atoms with van der Waals surface area (Å²) < 4.78 is 51.3. The molecule has 0 bridgehead atoms. The molecule has 0 unspecified atom stereocenters. The Morgan fingerprint density at radius 1 is 1.00 bits per heavy atom. The Morgan fingerprint density at radius 3 is 1.79 bits per heavy atom. The minimum Gasteiger partial charge on any atom is -1.00 e. The van der Waals surface area contributed by atoms with Crippen LogP contribution in [0.15, 0.2) is 35.2 Å². The van der Waals surface area contributed by atoms with Gasteiger partial charge in [0.2, 0.25) is 0 Å². The first-order chi connectivity index (χ1) is 5.86. The van der Waals surface area contributed by atoms with Crippen molar-refractivity contribution in [2.24, 2.45) is 0 Å². The quantitative estimate of drug-likeness (QED) is 0.350. The molecule has 0 saturated heterocycles. The molecule has 1 rings (SSSR count). The zero-order valence-corrected chi connectivity index (χ0v) is 10.9. The van der Waals surface area contributed by atoms with E-state index in [2.05, 4.69) is 0 Å². The van der Waals surface area contributed by atoms with E-state index in [4.69, 9.17) is 4.55 Å². The summed E-state index contributed by atoms with van der Waals surface area (Å²) in [6, 6.07) is 6.42. The number of rotatable bonds is 2. The molecule has 0 fully saturated rings. The van der Waals surface area contributed by atoms with E-state index >= 15 is 0 Å². The van der Waals surface area contributed by atoms with E-state index in [0.29, 0.717) is 0 Å². The van der Waals surface area contributed by atoms with Crippen LogP contribution in [0.5, 0.6) is 0 Å². The minimum atomic E-state index is -5.08. The maximum absolute atomic E-state index is 11.0. The van der Waals surface area contributed by atoms with Crippen LogP contribution in [0.4, 0.5) is 0 Å². The van der Waals surface area contributed by atoms with E-state index in [1.807, 2.05) is 0 Å². The molecule has 0 aliphatic carbocycles. The first-order valence-electron chi connectivity index (χ1n) is 3.13. The summed E-state index contributed by atoms with van der Waals surface area (Å²) >= 11 is 0. The summed E-state index contributed by atoms with van der Waals surface area (Å²) in [5.41, 5.74) is 0. The van der Waals surface area contributed by atoms with Gasteiger partial charge in [-0.05, 0) is 12.1 Å². The fourth-order valence-electron chi connectivity index (χ4n) is 0.709. The first-order valence-corrected chi connectivity index (χ1v) is 6.57. The van der Waals surface area contributed by atoms with Crippen molar-refractivity contribution in [3.8, 4) is 0 Å². The van der Waals surface area contributed by atoms with E-state index < -0.39 is 22.9 Å². The maximum Gasteiger partial charge on any atom is 1.00 e. The average Bonchev–Trinajstić information content (AvgIpc) is 2.04. The van der Waals surface area contributed by atoms with Gasteiger partial charge in [-0.1, -0.05) is 18.2 Å². The SMILES string of the molecule is O=S(=O)(O)S(=O)(=O)c1ccccc1.[H-].[Na+]. The molecule has 0 radical (unpaired) electrons. The molecular formula is C6H7NaO5S2. The molecule has 0 saturated carbocycles. The van der Waals surface area contributed by atoms with Crippen LogP contribution >= 0.6 is 0 Å². The molecule has 1 aromatic rings. The summed E-state index contributed by atoms with van der Waals surface area (Å²) in [5.74, 6) is 0. The number of hydrogen-bond acceptors (Lipinski definition) is 4. The molecule has 1 aromatic carbocycles. The average molecular weight is 246 g/mol. The minimum absolute atomic E-state index is 0. The van der Waals surface area contributed by atoms with E-state index in [1.54, 1.807) is 0 Å². The zero-order chi connectivity index (χ0) is 10.1. The Balaban J connectivity index is 0. The van der Waals surface area contributed by atoms with Crippen LogP contribution in [0.3, 0.4) is 0 Å². The second kappa shape index (κ2) is 4.73. The Hall–Kier alpha value is 0.0800.